The molecular weight excluding hydrogens is 356 g/mol. The van der Waals surface area contributed by atoms with E-state index in [9.17, 15) is 14.4 Å². The maximum Gasteiger partial charge on any atom is 0.328 e. The third-order valence-corrected chi connectivity index (χ3v) is 4.70. The van der Waals surface area contributed by atoms with Crippen LogP contribution in [-0.4, -0.2) is 40.9 Å². The summed E-state index contributed by atoms with van der Waals surface area (Å²) in [5.41, 5.74) is 2.51. The van der Waals surface area contributed by atoms with Crippen molar-refractivity contribution in [2.24, 2.45) is 5.92 Å². The Balaban J connectivity index is 1.52. The molecule has 28 heavy (non-hydrogen) atoms. The number of hydrogen-bond donors (Lipinski definition) is 2. The minimum absolute atomic E-state index is 0.00485. The molecule has 1 heterocycles. The van der Waals surface area contributed by atoms with E-state index in [0.29, 0.717) is 18.8 Å². The van der Waals surface area contributed by atoms with Gasteiger partial charge in [0.25, 0.3) is 0 Å². The number of benzene rings is 2. The molecule has 0 spiro atoms. The van der Waals surface area contributed by atoms with Crippen molar-refractivity contribution in [3.8, 4) is 0 Å². The standard InChI is InChI=1S/C22H22N2O4/c25-20-14-18(15-24(20)13-12-16-4-2-1-3-5-16)22(28)23-19-9-6-17(7-10-19)8-11-21(26)27/h1-11,18H,12-15H2,(H,23,28)(H,26,27)/b11-8+. The molecule has 1 unspecified atom stereocenters. The van der Waals surface area contributed by atoms with Crippen molar-refractivity contribution < 1.29 is 19.5 Å². The molecule has 0 aliphatic carbocycles. The highest BCUT2D eigenvalue weighted by Crippen LogP contribution is 2.21. The summed E-state index contributed by atoms with van der Waals surface area (Å²) in [6.45, 7) is 1.04. The molecule has 2 aromatic rings. The molecular formula is C22H22N2O4. The van der Waals surface area contributed by atoms with E-state index in [0.717, 1.165) is 18.1 Å². The first-order valence-corrected chi connectivity index (χ1v) is 9.15. The molecule has 6 heteroatoms. The predicted octanol–water partition coefficient (Wildman–Crippen LogP) is 2.81. The van der Waals surface area contributed by atoms with Gasteiger partial charge in [0.2, 0.25) is 11.8 Å². The number of rotatable bonds is 7. The minimum Gasteiger partial charge on any atom is -0.478 e. The van der Waals surface area contributed by atoms with Crippen molar-refractivity contribution in [1.82, 2.24) is 4.90 Å². The van der Waals surface area contributed by atoms with Crippen LogP contribution >= 0.6 is 0 Å². The number of carbonyl (C=O) groups excluding carboxylic acids is 2. The van der Waals surface area contributed by atoms with Gasteiger partial charge in [-0.1, -0.05) is 42.5 Å². The lowest BCUT2D eigenvalue weighted by molar-refractivity contribution is -0.131. The van der Waals surface area contributed by atoms with Crippen LogP contribution in [0.3, 0.4) is 0 Å². The highest BCUT2D eigenvalue weighted by molar-refractivity contribution is 5.97. The maximum absolute atomic E-state index is 12.5. The molecule has 2 amide bonds. The van der Waals surface area contributed by atoms with Gasteiger partial charge < -0.3 is 15.3 Å². The first-order valence-electron chi connectivity index (χ1n) is 9.15. The first kappa shape index (κ1) is 19.4. The van der Waals surface area contributed by atoms with E-state index in [2.05, 4.69) is 5.32 Å². The van der Waals surface area contributed by atoms with Gasteiger partial charge in [-0.2, -0.15) is 0 Å². The zero-order chi connectivity index (χ0) is 19.9. The van der Waals surface area contributed by atoms with Gasteiger partial charge in [-0.05, 0) is 35.8 Å². The average Bonchev–Trinajstić information content (AvgIpc) is 3.07. The third-order valence-electron chi connectivity index (χ3n) is 4.70. The first-order chi connectivity index (χ1) is 13.5. The van der Waals surface area contributed by atoms with Crippen molar-refractivity contribution >= 4 is 29.5 Å². The minimum atomic E-state index is -1.01. The summed E-state index contributed by atoms with van der Waals surface area (Å²) in [5.74, 6) is -1.55. The SMILES string of the molecule is O=C(O)/C=C/c1ccc(NC(=O)C2CC(=O)N(CCc3ccccc3)C2)cc1. The molecule has 1 saturated heterocycles. The van der Waals surface area contributed by atoms with Gasteiger partial charge >= 0.3 is 5.97 Å². The van der Waals surface area contributed by atoms with E-state index in [1.165, 1.54) is 11.6 Å². The average molecular weight is 378 g/mol. The Morgan fingerprint density at radius 3 is 2.50 bits per heavy atom. The van der Waals surface area contributed by atoms with Crippen LogP contribution in [-0.2, 0) is 20.8 Å². The number of hydrogen-bond acceptors (Lipinski definition) is 3. The molecule has 2 N–H and O–H groups in total. The van der Waals surface area contributed by atoms with Gasteiger partial charge in [-0.15, -0.1) is 0 Å². The second-order valence-corrected chi connectivity index (χ2v) is 6.76. The van der Waals surface area contributed by atoms with Crippen molar-refractivity contribution in [3.05, 3.63) is 71.8 Å². The zero-order valence-corrected chi connectivity index (χ0v) is 15.4. The van der Waals surface area contributed by atoms with Gasteiger partial charge in [0.1, 0.15) is 0 Å². The summed E-state index contributed by atoms with van der Waals surface area (Å²) in [4.78, 5) is 37.0. The molecule has 144 valence electrons. The van der Waals surface area contributed by atoms with Crippen LogP contribution < -0.4 is 5.32 Å². The maximum atomic E-state index is 12.5. The summed E-state index contributed by atoms with van der Waals surface area (Å²) in [5, 5.41) is 11.5. The highest BCUT2D eigenvalue weighted by atomic mass is 16.4. The highest BCUT2D eigenvalue weighted by Gasteiger charge is 2.33. The number of aliphatic carboxylic acids is 1. The van der Waals surface area contributed by atoms with E-state index < -0.39 is 5.97 Å². The van der Waals surface area contributed by atoms with E-state index >= 15 is 0 Å². The fourth-order valence-corrected chi connectivity index (χ4v) is 3.16. The summed E-state index contributed by atoms with van der Waals surface area (Å²) in [6.07, 6.45) is 3.53. The number of carboxylic acids is 1. The van der Waals surface area contributed by atoms with Crippen molar-refractivity contribution in [2.45, 2.75) is 12.8 Å². The van der Waals surface area contributed by atoms with Crippen LogP contribution in [0, 0.1) is 5.92 Å². The predicted molar refractivity (Wildman–Crippen MR) is 107 cm³/mol. The fourth-order valence-electron chi connectivity index (χ4n) is 3.16. The number of nitrogens with zero attached hydrogens (tertiary/aromatic N) is 1. The number of carboxylic acid groups (broad SMARTS) is 1. The zero-order valence-electron chi connectivity index (χ0n) is 15.4. The summed E-state index contributed by atoms with van der Waals surface area (Å²) in [6, 6.07) is 16.8. The molecule has 1 atom stereocenters. The summed E-state index contributed by atoms with van der Waals surface area (Å²) in [7, 11) is 0. The van der Waals surface area contributed by atoms with Crippen molar-refractivity contribution in [2.75, 3.05) is 18.4 Å². The Morgan fingerprint density at radius 1 is 1.11 bits per heavy atom. The van der Waals surface area contributed by atoms with Crippen molar-refractivity contribution in [1.29, 1.82) is 0 Å². The second kappa shape index (κ2) is 8.99. The Morgan fingerprint density at radius 2 is 1.82 bits per heavy atom. The Hall–Kier alpha value is -3.41. The van der Waals surface area contributed by atoms with Crippen LogP contribution in [0.5, 0.6) is 0 Å². The molecule has 3 rings (SSSR count). The van der Waals surface area contributed by atoms with E-state index in [1.54, 1.807) is 29.2 Å². The molecule has 0 saturated carbocycles. The van der Waals surface area contributed by atoms with Crippen LogP contribution in [0.15, 0.2) is 60.7 Å². The quantitative estimate of drug-likeness (QED) is 0.726. The van der Waals surface area contributed by atoms with Crippen molar-refractivity contribution in [3.63, 3.8) is 0 Å². The third kappa shape index (κ3) is 5.30. The molecule has 1 fully saturated rings. The smallest absolute Gasteiger partial charge is 0.328 e. The molecule has 0 radical (unpaired) electrons. The fraction of sp³-hybridized carbons (Fsp3) is 0.227. The van der Waals surface area contributed by atoms with Crippen LogP contribution in [0.4, 0.5) is 5.69 Å². The van der Waals surface area contributed by atoms with Gasteiger partial charge in [0, 0.05) is 31.3 Å². The van der Waals surface area contributed by atoms with Gasteiger partial charge in [0.15, 0.2) is 0 Å². The number of likely N-dealkylation sites (tertiary alicyclic amines) is 1. The molecule has 0 aromatic heterocycles. The van der Waals surface area contributed by atoms with E-state index in [4.69, 9.17) is 5.11 Å². The second-order valence-electron chi connectivity index (χ2n) is 6.76. The molecule has 1 aliphatic heterocycles. The number of amides is 2. The lowest BCUT2D eigenvalue weighted by Gasteiger charge is -2.16. The van der Waals surface area contributed by atoms with Crippen LogP contribution in [0.1, 0.15) is 17.5 Å². The van der Waals surface area contributed by atoms with E-state index in [-0.39, 0.29) is 24.2 Å². The number of carbonyl (C=O) groups is 3. The van der Waals surface area contributed by atoms with Gasteiger partial charge in [-0.25, -0.2) is 4.79 Å². The van der Waals surface area contributed by atoms with Crippen LogP contribution in [0.2, 0.25) is 0 Å². The van der Waals surface area contributed by atoms with Gasteiger partial charge in [-0.3, -0.25) is 9.59 Å². The number of nitrogens with one attached hydrogen (secondary N) is 1. The van der Waals surface area contributed by atoms with Gasteiger partial charge in [0.05, 0.1) is 5.92 Å². The van der Waals surface area contributed by atoms with E-state index in [1.807, 2.05) is 30.3 Å². The monoisotopic (exact) mass is 378 g/mol. The normalized spacial score (nSPS) is 16.5. The summed E-state index contributed by atoms with van der Waals surface area (Å²) >= 11 is 0. The molecule has 2 aromatic carbocycles. The Labute approximate surface area is 163 Å². The Bertz CT molecular complexity index is 875. The topological polar surface area (TPSA) is 86.7 Å². The lowest BCUT2D eigenvalue weighted by Crippen LogP contribution is -2.30. The largest absolute Gasteiger partial charge is 0.478 e. The van der Waals surface area contributed by atoms with Crippen LogP contribution in [0.25, 0.3) is 6.08 Å². The molecule has 6 nitrogen and oxygen atoms in total. The number of anilines is 1. The lowest BCUT2D eigenvalue weighted by atomic mass is 10.1. The Kier molecular flexibility index (Phi) is 6.22. The molecule has 1 aliphatic rings. The molecule has 0 bridgehead atoms. The summed E-state index contributed by atoms with van der Waals surface area (Å²) < 4.78 is 0.